The summed E-state index contributed by atoms with van der Waals surface area (Å²) in [7, 11) is 0. The summed E-state index contributed by atoms with van der Waals surface area (Å²) in [6, 6.07) is 0.248. The fourth-order valence-electron chi connectivity index (χ4n) is 2.57. The molecule has 0 aliphatic carbocycles. The van der Waals surface area contributed by atoms with Crippen LogP contribution in [0, 0.1) is 5.82 Å². The highest BCUT2D eigenvalue weighted by atomic mass is 35.5. The summed E-state index contributed by atoms with van der Waals surface area (Å²) in [6.07, 6.45) is -0.414. The monoisotopic (exact) mass is 371 g/mol. The molecule has 1 unspecified atom stereocenters. The van der Waals surface area contributed by atoms with E-state index in [-0.39, 0.29) is 29.6 Å². The van der Waals surface area contributed by atoms with Crippen LogP contribution in [0.3, 0.4) is 0 Å². The van der Waals surface area contributed by atoms with Crippen molar-refractivity contribution < 1.29 is 28.2 Å². The molecule has 134 valence electrons. The van der Waals surface area contributed by atoms with Crippen molar-refractivity contribution in [2.45, 2.75) is 26.0 Å². The van der Waals surface area contributed by atoms with Crippen LogP contribution in [0.2, 0.25) is 5.02 Å². The lowest BCUT2D eigenvalue weighted by Gasteiger charge is -2.26. The van der Waals surface area contributed by atoms with Crippen molar-refractivity contribution in [2.24, 2.45) is 0 Å². The van der Waals surface area contributed by atoms with Crippen molar-refractivity contribution in [3.63, 3.8) is 0 Å². The topological polar surface area (TPSA) is 88.2 Å². The summed E-state index contributed by atoms with van der Waals surface area (Å²) in [5.74, 6) is -2.35. The van der Waals surface area contributed by atoms with Gasteiger partial charge in [-0.15, -0.1) is 0 Å². The van der Waals surface area contributed by atoms with Crippen LogP contribution >= 0.6 is 11.6 Å². The van der Waals surface area contributed by atoms with E-state index in [2.05, 4.69) is 5.43 Å². The van der Waals surface area contributed by atoms with Gasteiger partial charge in [-0.1, -0.05) is 11.6 Å². The van der Waals surface area contributed by atoms with Gasteiger partial charge in [0.05, 0.1) is 29.0 Å². The zero-order valence-corrected chi connectivity index (χ0v) is 14.2. The van der Waals surface area contributed by atoms with Gasteiger partial charge in [-0.2, -0.15) is 0 Å². The van der Waals surface area contributed by atoms with E-state index in [9.17, 15) is 18.8 Å². The van der Waals surface area contributed by atoms with E-state index in [0.717, 1.165) is 17.1 Å². The molecule has 1 N–H and O–H groups in total. The van der Waals surface area contributed by atoms with Crippen molar-refractivity contribution in [3.8, 4) is 0 Å². The van der Waals surface area contributed by atoms with Gasteiger partial charge in [-0.25, -0.2) is 29.3 Å². The molecule has 0 radical (unpaired) electrons. The minimum atomic E-state index is -0.909. The Morgan fingerprint density at radius 1 is 1.44 bits per heavy atom. The van der Waals surface area contributed by atoms with Crippen molar-refractivity contribution in [1.82, 2.24) is 10.4 Å². The second-order valence-electron chi connectivity index (χ2n) is 5.75. The number of esters is 1. The Hall–Kier alpha value is -2.23. The highest BCUT2D eigenvalue weighted by Crippen LogP contribution is 2.32. The van der Waals surface area contributed by atoms with Crippen molar-refractivity contribution >= 4 is 35.2 Å². The summed E-state index contributed by atoms with van der Waals surface area (Å²) in [5.41, 5.74) is 2.11. The van der Waals surface area contributed by atoms with Gasteiger partial charge in [0.1, 0.15) is 12.5 Å². The van der Waals surface area contributed by atoms with Crippen molar-refractivity contribution in [3.05, 3.63) is 28.5 Å². The Morgan fingerprint density at radius 2 is 2.16 bits per heavy atom. The lowest BCUT2D eigenvalue weighted by atomic mass is 10.1. The van der Waals surface area contributed by atoms with Gasteiger partial charge < -0.3 is 9.47 Å². The van der Waals surface area contributed by atoms with Crippen LogP contribution in [0.4, 0.5) is 14.9 Å². The number of ether oxygens (including phenoxy) is 2. The molecule has 1 aromatic rings. The maximum atomic E-state index is 14.4. The zero-order valence-electron chi connectivity index (χ0n) is 13.4. The SMILES string of the molecule is CC(C)OC(=O)c1cc(N2C(=O)C3COCNN3C2=O)c(F)cc1Cl. The standard InChI is InChI=1S/C15H15ClFN3O5/c1-7(2)25-14(22)8-3-11(10(17)4-9(8)16)19-13(21)12-5-24-6-18-20(12)15(19)23/h3-4,7,12,18H,5-6H2,1-2H3. The van der Waals surface area contributed by atoms with Gasteiger partial charge in [0, 0.05) is 0 Å². The molecular weight excluding hydrogens is 357 g/mol. The van der Waals surface area contributed by atoms with Crippen LogP contribution < -0.4 is 10.3 Å². The lowest BCUT2D eigenvalue weighted by molar-refractivity contribution is -0.126. The van der Waals surface area contributed by atoms with Gasteiger partial charge in [0.15, 0.2) is 6.04 Å². The number of hydrogen-bond donors (Lipinski definition) is 1. The molecule has 2 aliphatic rings. The Labute approximate surface area is 147 Å². The Bertz CT molecular complexity index is 733. The third kappa shape index (κ3) is 3.06. The number of anilines is 1. The van der Waals surface area contributed by atoms with Gasteiger partial charge in [0.2, 0.25) is 0 Å². The molecular formula is C15H15ClFN3O5. The van der Waals surface area contributed by atoms with Gasteiger partial charge >= 0.3 is 12.0 Å². The quantitative estimate of drug-likeness (QED) is 0.642. The molecule has 0 spiro atoms. The molecule has 0 saturated carbocycles. The maximum absolute atomic E-state index is 14.4. The number of nitrogens with one attached hydrogen (secondary N) is 1. The number of rotatable bonds is 3. The Morgan fingerprint density at radius 3 is 2.80 bits per heavy atom. The highest BCUT2D eigenvalue weighted by Gasteiger charge is 2.48. The van der Waals surface area contributed by atoms with Crippen LogP contribution in [0.1, 0.15) is 24.2 Å². The molecule has 1 atom stereocenters. The van der Waals surface area contributed by atoms with E-state index in [4.69, 9.17) is 21.1 Å². The molecule has 25 heavy (non-hydrogen) atoms. The number of hydrogen-bond acceptors (Lipinski definition) is 6. The number of urea groups is 1. The molecule has 2 heterocycles. The van der Waals surface area contributed by atoms with Crippen LogP contribution in [0.5, 0.6) is 0 Å². The maximum Gasteiger partial charge on any atom is 0.346 e. The van der Waals surface area contributed by atoms with E-state index >= 15 is 0 Å². The molecule has 2 aliphatic heterocycles. The first-order valence-corrected chi connectivity index (χ1v) is 7.87. The molecule has 0 aromatic heterocycles. The van der Waals surface area contributed by atoms with E-state index < -0.39 is 35.9 Å². The average molecular weight is 372 g/mol. The smallest absolute Gasteiger partial charge is 0.346 e. The highest BCUT2D eigenvalue weighted by molar-refractivity contribution is 6.34. The number of carbonyl (C=O) groups excluding carboxylic acids is 3. The van der Waals surface area contributed by atoms with Crippen LogP contribution in [0.15, 0.2) is 12.1 Å². The van der Waals surface area contributed by atoms with Crippen molar-refractivity contribution in [2.75, 3.05) is 18.2 Å². The summed E-state index contributed by atoms with van der Waals surface area (Å²) < 4.78 is 24.5. The minimum Gasteiger partial charge on any atom is -0.459 e. The number of hydrazine groups is 1. The summed E-state index contributed by atoms with van der Waals surface area (Å²) in [6.45, 7) is 3.34. The molecule has 2 saturated heterocycles. The first-order valence-electron chi connectivity index (χ1n) is 7.49. The van der Waals surface area contributed by atoms with Crippen LogP contribution in [-0.2, 0) is 14.3 Å². The minimum absolute atomic E-state index is 0.00840. The lowest BCUT2D eigenvalue weighted by Crippen LogP contribution is -2.53. The number of fused-ring (bicyclic) bond motifs is 1. The Kier molecular flexibility index (Phi) is 4.63. The van der Waals surface area contributed by atoms with E-state index in [1.54, 1.807) is 13.8 Å². The van der Waals surface area contributed by atoms with Gasteiger partial charge in [-0.05, 0) is 26.0 Å². The predicted molar refractivity (Wildman–Crippen MR) is 84.4 cm³/mol. The summed E-state index contributed by atoms with van der Waals surface area (Å²) in [5, 5.41) is 0.900. The number of nitrogens with zero attached hydrogens (tertiary/aromatic N) is 2. The predicted octanol–water partition coefficient (Wildman–Crippen LogP) is 1.67. The molecule has 2 fully saturated rings. The van der Waals surface area contributed by atoms with Crippen molar-refractivity contribution in [1.29, 1.82) is 0 Å². The number of amides is 3. The second kappa shape index (κ2) is 6.58. The normalized spacial score (nSPS) is 20.3. The number of imide groups is 1. The molecule has 0 bridgehead atoms. The van der Waals surface area contributed by atoms with E-state index in [1.807, 2.05) is 0 Å². The van der Waals surface area contributed by atoms with Gasteiger partial charge in [0.25, 0.3) is 5.91 Å². The number of carbonyl (C=O) groups is 3. The molecule has 10 heteroatoms. The molecule has 1 aromatic carbocycles. The fourth-order valence-corrected chi connectivity index (χ4v) is 2.80. The molecule has 3 rings (SSSR count). The van der Waals surface area contributed by atoms with Crippen LogP contribution in [-0.4, -0.2) is 48.4 Å². The largest absolute Gasteiger partial charge is 0.459 e. The van der Waals surface area contributed by atoms with E-state index in [0.29, 0.717) is 4.90 Å². The molecule has 3 amide bonds. The number of halogens is 2. The van der Waals surface area contributed by atoms with Crippen LogP contribution in [0.25, 0.3) is 0 Å². The average Bonchev–Trinajstić information content (AvgIpc) is 2.79. The summed E-state index contributed by atoms with van der Waals surface area (Å²) in [4.78, 5) is 37.7. The molecule has 8 nitrogen and oxygen atoms in total. The fraction of sp³-hybridized carbons (Fsp3) is 0.400. The van der Waals surface area contributed by atoms with Gasteiger partial charge in [-0.3, -0.25) is 4.79 Å². The third-order valence-electron chi connectivity index (χ3n) is 3.67. The zero-order chi connectivity index (χ0) is 18.3. The first kappa shape index (κ1) is 17.6. The summed E-state index contributed by atoms with van der Waals surface area (Å²) >= 11 is 5.91. The second-order valence-corrected chi connectivity index (χ2v) is 6.16. The van der Waals surface area contributed by atoms with E-state index in [1.165, 1.54) is 0 Å². The number of benzene rings is 1. The Balaban J connectivity index is 2.00. The third-order valence-corrected chi connectivity index (χ3v) is 3.98. The first-order chi connectivity index (χ1) is 11.8.